The number of fused-ring (bicyclic) bond motifs is 1. The Morgan fingerprint density at radius 3 is 2.91 bits per heavy atom. The lowest BCUT2D eigenvalue weighted by Gasteiger charge is -2.30. The maximum absolute atomic E-state index is 12.8. The summed E-state index contributed by atoms with van der Waals surface area (Å²) in [5, 5.41) is 3.96. The molecule has 2 aromatic rings. The number of carbonyl (C=O) groups excluding carboxylic acids is 1. The minimum Gasteiger partial charge on any atom is -0.485 e. The lowest BCUT2D eigenvalue weighted by molar-refractivity contribution is -0.142. The second-order valence-electron chi connectivity index (χ2n) is 5.73. The highest BCUT2D eigenvalue weighted by Gasteiger charge is 2.39. The van der Waals surface area contributed by atoms with Crippen LogP contribution in [-0.2, 0) is 4.79 Å². The summed E-state index contributed by atoms with van der Waals surface area (Å²) in [7, 11) is 0. The predicted octanol–water partition coefficient (Wildman–Crippen LogP) is 1.88. The molecule has 7 nitrogen and oxygen atoms in total. The number of amides is 1. The number of carbonyl (C=O) groups is 1. The second-order valence-corrected chi connectivity index (χ2v) is 5.73. The number of para-hydroxylation sites is 2. The molecule has 1 fully saturated rings. The molecule has 0 aliphatic carbocycles. The van der Waals surface area contributed by atoms with E-state index < -0.39 is 6.10 Å². The second kappa shape index (κ2) is 5.57. The van der Waals surface area contributed by atoms with Crippen molar-refractivity contribution in [3.8, 4) is 11.5 Å². The van der Waals surface area contributed by atoms with Crippen LogP contribution in [0.5, 0.6) is 11.5 Å². The zero-order valence-electron chi connectivity index (χ0n) is 12.8. The van der Waals surface area contributed by atoms with Crippen molar-refractivity contribution in [2.75, 3.05) is 13.2 Å². The largest absolute Gasteiger partial charge is 0.485 e. The van der Waals surface area contributed by atoms with Crippen LogP contribution < -0.4 is 9.47 Å². The van der Waals surface area contributed by atoms with Gasteiger partial charge in [0.1, 0.15) is 6.61 Å². The Morgan fingerprint density at radius 1 is 1.30 bits per heavy atom. The number of hydrogen-bond acceptors (Lipinski definition) is 6. The van der Waals surface area contributed by atoms with Crippen LogP contribution in [-0.4, -0.2) is 40.2 Å². The molecular weight excluding hydrogens is 298 g/mol. The van der Waals surface area contributed by atoms with E-state index in [9.17, 15) is 4.79 Å². The van der Waals surface area contributed by atoms with Crippen molar-refractivity contribution in [2.45, 2.75) is 31.9 Å². The van der Waals surface area contributed by atoms with Crippen molar-refractivity contribution >= 4 is 5.91 Å². The molecule has 23 heavy (non-hydrogen) atoms. The first kappa shape index (κ1) is 14.0. The lowest BCUT2D eigenvalue weighted by atomic mass is 10.2. The average Bonchev–Trinajstić information content (AvgIpc) is 3.22. The molecule has 1 saturated heterocycles. The molecule has 4 rings (SSSR count). The van der Waals surface area contributed by atoms with E-state index in [1.54, 1.807) is 17.9 Å². The van der Waals surface area contributed by atoms with E-state index >= 15 is 0 Å². The fraction of sp³-hybridized carbons (Fsp3) is 0.438. The smallest absolute Gasteiger partial charge is 0.267 e. The topological polar surface area (TPSA) is 77.7 Å². The molecule has 0 bridgehead atoms. The van der Waals surface area contributed by atoms with Crippen molar-refractivity contribution in [3.63, 3.8) is 0 Å². The molecule has 2 aliphatic heterocycles. The summed E-state index contributed by atoms with van der Waals surface area (Å²) >= 11 is 0. The summed E-state index contributed by atoms with van der Waals surface area (Å²) < 4.78 is 16.5. The first-order chi connectivity index (χ1) is 11.2. The Labute approximate surface area is 133 Å². The van der Waals surface area contributed by atoms with Crippen molar-refractivity contribution in [3.05, 3.63) is 36.0 Å². The van der Waals surface area contributed by atoms with Gasteiger partial charge in [-0.3, -0.25) is 4.79 Å². The molecule has 3 heterocycles. The molecule has 0 spiro atoms. The number of aryl methyl sites for hydroxylation is 1. The van der Waals surface area contributed by atoms with Gasteiger partial charge in [0.25, 0.3) is 5.91 Å². The summed E-state index contributed by atoms with van der Waals surface area (Å²) in [4.78, 5) is 18.9. The molecule has 2 aliphatic rings. The lowest BCUT2D eigenvalue weighted by Crippen LogP contribution is -2.46. The molecule has 1 aromatic heterocycles. The molecule has 0 unspecified atom stereocenters. The summed E-state index contributed by atoms with van der Waals surface area (Å²) in [5.41, 5.74) is 0. The molecule has 7 heteroatoms. The van der Waals surface area contributed by atoms with Gasteiger partial charge in [0.05, 0.1) is 6.04 Å². The normalized spacial score (nSPS) is 23.1. The van der Waals surface area contributed by atoms with Crippen LogP contribution in [0.1, 0.15) is 30.6 Å². The van der Waals surface area contributed by atoms with Gasteiger partial charge in [-0.2, -0.15) is 4.98 Å². The van der Waals surface area contributed by atoms with Gasteiger partial charge in [0.15, 0.2) is 17.3 Å². The zero-order valence-corrected chi connectivity index (χ0v) is 12.8. The van der Waals surface area contributed by atoms with Crippen LogP contribution in [0, 0.1) is 6.92 Å². The molecule has 120 valence electrons. The van der Waals surface area contributed by atoms with Crippen LogP contribution >= 0.6 is 0 Å². The van der Waals surface area contributed by atoms with Gasteiger partial charge in [-0.1, -0.05) is 17.3 Å². The van der Waals surface area contributed by atoms with Gasteiger partial charge >= 0.3 is 0 Å². The highest BCUT2D eigenvalue weighted by Crippen LogP contribution is 2.34. The standard InChI is InChI=1S/C16H17N3O4/c1-10-17-15(18-23-10)11-5-4-8-19(11)16(20)14-9-21-12-6-2-3-7-13(12)22-14/h2-3,6-7,11,14H,4-5,8-9H2,1H3/t11-,14+/m0/s1. The predicted molar refractivity (Wildman–Crippen MR) is 79.1 cm³/mol. The molecule has 2 atom stereocenters. The fourth-order valence-corrected chi connectivity index (χ4v) is 3.08. The number of likely N-dealkylation sites (tertiary alicyclic amines) is 1. The van der Waals surface area contributed by atoms with E-state index in [4.69, 9.17) is 14.0 Å². The van der Waals surface area contributed by atoms with Crippen LogP contribution in [0.25, 0.3) is 0 Å². The van der Waals surface area contributed by atoms with E-state index in [0.29, 0.717) is 29.8 Å². The Balaban J connectivity index is 1.52. The third-order valence-electron chi connectivity index (χ3n) is 4.16. The summed E-state index contributed by atoms with van der Waals surface area (Å²) in [6.45, 7) is 2.62. The highest BCUT2D eigenvalue weighted by atomic mass is 16.6. The van der Waals surface area contributed by atoms with Gasteiger partial charge in [0, 0.05) is 13.5 Å². The first-order valence-corrected chi connectivity index (χ1v) is 7.71. The van der Waals surface area contributed by atoms with Gasteiger partial charge < -0.3 is 18.9 Å². The van der Waals surface area contributed by atoms with E-state index in [1.165, 1.54) is 0 Å². The van der Waals surface area contributed by atoms with Crippen molar-refractivity contribution in [2.24, 2.45) is 0 Å². The van der Waals surface area contributed by atoms with E-state index in [1.807, 2.05) is 18.2 Å². The SMILES string of the molecule is Cc1nc([C@@H]2CCCN2C(=O)[C@H]2COc3ccccc3O2)no1. The third kappa shape index (κ3) is 2.52. The van der Waals surface area contributed by atoms with Crippen LogP contribution in [0.3, 0.4) is 0 Å². The Hall–Kier alpha value is -2.57. The minimum atomic E-state index is -0.640. The van der Waals surface area contributed by atoms with Crippen molar-refractivity contribution < 1.29 is 18.8 Å². The van der Waals surface area contributed by atoms with Gasteiger partial charge in [-0.05, 0) is 25.0 Å². The number of rotatable bonds is 2. The third-order valence-corrected chi connectivity index (χ3v) is 4.16. The Morgan fingerprint density at radius 2 is 2.13 bits per heavy atom. The van der Waals surface area contributed by atoms with Crippen LogP contribution in [0.2, 0.25) is 0 Å². The maximum atomic E-state index is 12.8. The Kier molecular flexibility index (Phi) is 3.40. The quantitative estimate of drug-likeness (QED) is 0.842. The van der Waals surface area contributed by atoms with Gasteiger partial charge in [-0.25, -0.2) is 0 Å². The number of hydrogen-bond donors (Lipinski definition) is 0. The molecule has 0 radical (unpaired) electrons. The number of ether oxygens (including phenoxy) is 2. The zero-order chi connectivity index (χ0) is 15.8. The van der Waals surface area contributed by atoms with Crippen molar-refractivity contribution in [1.82, 2.24) is 15.0 Å². The van der Waals surface area contributed by atoms with Gasteiger partial charge in [0.2, 0.25) is 12.0 Å². The Bertz CT molecular complexity index is 730. The summed E-state index contributed by atoms with van der Waals surface area (Å²) in [6.07, 6.45) is 1.10. The average molecular weight is 315 g/mol. The first-order valence-electron chi connectivity index (χ1n) is 7.71. The number of aromatic nitrogens is 2. The van der Waals surface area contributed by atoms with Gasteiger partial charge in [-0.15, -0.1) is 0 Å². The molecule has 0 N–H and O–H groups in total. The van der Waals surface area contributed by atoms with Crippen LogP contribution in [0.4, 0.5) is 0 Å². The molecule has 1 aromatic carbocycles. The van der Waals surface area contributed by atoms with E-state index in [2.05, 4.69) is 10.1 Å². The minimum absolute atomic E-state index is 0.0931. The van der Waals surface area contributed by atoms with Crippen molar-refractivity contribution in [1.29, 1.82) is 0 Å². The number of nitrogens with zero attached hydrogens (tertiary/aromatic N) is 3. The van der Waals surface area contributed by atoms with E-state index in [-0.39, 0.29) is 18.6 Å². The monoisotopic (exact) mass is 315 g/mol. The van der Waals surface area contributed by atoms with E-state index in [0.717, 1.165) is 12.8 Å². The maximum Gasteiger partial charge on any atom is 0.267 e. The molecular formula is C16H17N3O4. The number of benzene rings is 1. The molecule has 1 amide bonds. The summed E-state index contributed by atoms with van der Waals surface area (Å²) in [6, 6.07) is 7.21. The summed E-state index contributed by atoms with van der Waals surface area (Å²) in [5.74, 6) is 2.24. The highest BCUT2D eigenvalue weighted by molar-refractivity contribution is 5.82. The van der Waals surface area contributed by atoms with Crippen LogP contribution in [0.15, 0.2) is 28.8 Å². The molecule has 0 saturated carbocycles. The fourth-order valence-electron chi connectivity index (χ4n) is 3.08.